The molecule has 0 aliphatic carbocycles. The van der Waals surface area contributed by atoms with Gasteiger partial charge in [-0.15, -0.1) is 0 Å². The van der Waals surface area contributed by atoms with Crippen LogP contribution in [0.2, 0.25) is 0 Å². The van der Waals surface area contributed by atoms with Gasteiger partial charge >= 0.3 is 0 Å². The lowest BCUT2D eigenvalue weighted by atomic mass is 10.0. The second-order valence-corrected chi connectivity index (χ2v) is 9.54. The van der Waals surface area contributed by atoms with Gasteiger partial charge in [-0.1, -0.05) is 12.1 Å². The molecule has 1 aliphatic rings. The lowest BCUT2D eigenvalue weighted by Crippen LogP contribution is -2.56. The first-order valence-corrected chi connectivity index (χ1v) is 12.1. The van der Waals surface area contributed by atoms with Gasteiger partial charge in [-0.2, -0.15) is 5.26 Å². The van der Waals surface area contributed by atoms with Gasteiger partial charge in [-0.25, -0.2) is 13.8 Å². The lowest BCUT2D eigenvalue weighted by Gasteiger charge is -2.45. The molecule has 0 N–H and O–H groups in total. The van der Waals surface area contributed by atoms with Gasteiger partial charge in [0.05, 0.1) is 23.1 Å². The molecule has 1 saturated heterocycles. The number of rotatable bonds is 4. The summed E-state index contributed by atoms with van der Waals surface area (Å²) in [6.45, 7) is 5.94. The number of benzene rings is 1. The number of aromatic nitrogens is 3. The number of piperazine rings is 1. The highest BCUT2D eigenvalue weighted by Gasteiger charge is 2.31. The van der Waals surface area contributed by atoms with Crippen LogP contribution in [-0.2, 0) is 13.6 Å². The summed E-state index contributed by atoms with van der Waals surface area (Å²) >= 11 is 0. The number of aryl methyl sites for hydroxylation is 1. The number of pyridine rings is 3. The Balaban J connectivity index is 1.46. The molecule has 0 radical (unpaired) electrons. The van der Waals surface area contributed by atoms with Crippen LogP contribution in [0.25, 0.3) is 22.2 Å². The van der Waals surface area contributed by atoms with Crippen LogP contribution < -0.4 is 10.5 Å². The number of halogens is 2. The summed E-state index contributed by atoms with van der Waals surface area (Å²) < 4.78 is 29.1. The average Bonchev–Trinajstić information content (AvgIpc) is 2.89. The summed E-state index contributed by atoms with van der Waals surface area (Å²) in [4.78, 5) is 26.1. The summed E-state index contributed by atoms with van der Waals surface area (Å²) in [6, 6.07) is 14.5. The second kappa shape index (κ2) is 9.71. The molecule has 0 unspecified atom stereocenters. The predicted octanol–water partition coefficient (Wildman–Crippen LogP) is 4.24. The van der Waals surface area contributed by atoms with E-state index in [9.17, 15) is 18.8 Å². The van der Waals surface area contributed by atoms with E-state index in [1.807, 2.05) is 0 Å². The van der Waals surface area contributed by atoms with E-state index in [1.54, 1.807) is 37.4 Å². The van der Waals surface area contributed by atoms with Crippen molar-refractivity contribution >= 4 is 16.7 Å². The number of hydrogen-bond acceptors (Lipinski definition) is 6. The van der Waals surface area contributed by atoms with Crippen molar-refractivity contribution in [1.82, 2.24) is 19.4 Å². The molecule has 0 bridgehead atoms. The Kier molecular flexibility index (Phi) is 6.44. The van der Waals surface area contributed by atoms with E-state index in [2.05, 4.69) is 39.7 Å². The molecule has 9 heteroatoms. The van der Waals surface area contributed by atoms with Crippen LogP contribution in [0, 0.1) is 23.0 Å². The maximum atomic E-state index is 14.1. The zero-order valence-corrected chi connectivity index (χ0v) is 20.8. The Bertz CT molecular complexity index is 1580. The number of nitrogens with zero attached hydrogens (tertiary/aromatic N) is 6. The molecule has 3 aromatic heterocycles. The third-order valence-electron chi connectivity index (χ3n) is 7.05. The molecular formula is C28H26F2N6O. The Morgan fingerprint density at radius 3 is 2.51 bits per heavy atom. The highest BCUT2D eigenvalue weighted by molar-refractivity contribution is 5.89. The van der Waals surface area contributed by atoms with Gasteiger partial charge in [-0.3, -0.25) is 14.7 Å². The highest BCUT2D eigenvalue weighted by Crippen LogP contribution is 2.31. The van der Waals surface area contributed by atoms with Gasteiger partial charge in [0.2, 0.25) is 0 Å². The second-order valence-electron chi connectivity index (χ2n) is 9.54. The Morgan fingerprint density at radius 1 is 1.03 bits per heavy atom. The SMILES string of the molecule is C[C@@H]1CN(c2cc(=O)n(C)c3ccc(C#N)nc23)[C@@H](C)CN1Cc1ncc(F)cc1-c1ccc(F)cc1. The molecule has 4 aromatic rings. The minimum atomic E-state index is -0.448. The van der Waals surface area contributed by atoms with Crippen LogP contribution >= 0.6 is 0 Å². The van der Waals surface area contributed by atoms with Crippen molar-refractivity contribution in [1.29, 1.82) is 5.26 Å². The zero-order chi connectivity index (χ0) is 26.3. The van der Waals surface area contributed by atoms with E-state index in [4.69, 9.17) is 0 Å². The molecule has 0 spiro atoms. The summed E-state index contributed by atoms with van der Waals surface area (Å²) in [7, 11) is 1.70. The maximum Gasteiger partial charge on any atom is 0.252 e. The summed E-state index contributed by atoms with van der Waals surface area (Å²) in [5.74, 6) is -0.802. The monoisotopic (exact) mass is 500 g/mol. The summed E-state index contributed by atoms with van der Waals surface area (Å²) in [5.41, 5.74) is 4.19. The fourth-order valence-corrected chi connectivity index (χ4v) is 5.01. The topological polar surface area (TPSA) is 78.0 Å². The fourth-order valence-electron chi connectivity index (χ4n) is 5.01. The van der Waals surface area contributed by atoms with E-state index in [0.717, 1.165) is 0 Å². The normalized spacial score (nSPS) is 18.2. The minimum absolute atomic E-state index is 0.0220. The third kappa shape index (κ3) is 4.68. The van der Waals surface area contributed by atoms with Crippen LogP contribution in [0.5, 0.6) is 0 Å². The molecule has 1 aromatic carbocycles. The van der Waals surface area contributed by atoms with Crippen molar-refractivity contribution in [2.24, 2.45) is 7.05 Å². The van der Waals surface area contributed by atoms with E-state index in [1.165, 1.54) is 29.0 Å². The fraction of sp³-hybridized carbons (Fsp3) is 0.286. The molecule has 37 heavy (non-hydrogen) atoms. The molecular weight excluding hydrogens is 474 g/mol. The van der Waals surface area contributed by atoms with Crippen LogP contribution in [0.3, 0.4) is 0 Å². The van der Waals surface area contributed by atoms with Gasteiger partial charge < -0.3 is 9.47 Å². The van der Waals surface area contributed by atoms with Crippen LogP contribution in [0.15, 0.2) is 59.5 Å². The van der Waals surface area contributed by atoms with Crippen LogP contribution in [0.1, 0.15) is 25.2 Å². The van der Waals surface area contributed by atoms with E-state index in [-0.39, 0.29) is 23.5 Å². The number of hydrogen-bond donors (Lipinski definition) is 0. The largest absolute Gasteiger partial charge is 0.364 e. The first-order valence-electron chi connectivity index (χ1n) is 12.1. The number of anilines is 1. The first-order chi connectivity index (χ1) is 17.7. The minimum Gasteiger partial charge on any atom is -0.364 e. The molecule has 2 atom stereocenters. The van der Waals surface area contributed by atoms with Crippen molar-refractivity contribution in [2.45, 2.75) is 32.5 Å². The quantitative estimate of drug-likeness (QED) is 0.417. The van der Waals surface area contributed by atoms with Crippen LogP contribution in [0.4, 0.5) is 14.5 Å². The molecule has 1 aliphatic heterocycles. The lowest BCUT2D eigenvalue weighted by molar-refractivity contribution is 0.156. The number of fused-ring (bicyclic) bond motifs is 1. The summed E-state index contributed by atoms with van der Waals surface area (Å²) in [5, 5.41) is 9.38. The van der Waals surface area contributed by atoms with Gasteiger partial charge in [-0.05, 0) is 49.7 Å². The Labute approximate surface area is 213 Å². The number of nitriles is 1. The van der Waals surface area contributed by atoms with Crippen molar-refractivity contribution in [2.75, 3.05) is 18.0 Å². The standard InChI is InChI=1S/C28H26F2N6O/c1-17-15-36(26-11-27(37)34(3)25-9-8-22(12-31)33-28(25)26)18(2)14-35(17)16-24-23(10-21(30)13-32-24)19-4-6-20(29)7-5-19/h4-11,13,17-18H,14-16H2,1-3H3/t17-,18+/m1/s1. The van der Waals surface area contributed by atoms with E-state index in [0.29, 0.717) is 58.9 Å². The Hall–Kier alpha value is -4.16. The molecule has 0 amide bonds. The zero-order valence-electron chi connectivity index (χ0n) is 20.8. The Morgan fingerprint density at radius 2 is 1.78 bits per heavy atom. The molecule has 0 saturated carbocycles. The predicted molar refractivity (Wildman–Crippen MR) is 138 cm³/mol. The van der Waals surface area contributed by atoms with Gasteiger partial charge in [0.1, 0.15) is 28.9 Å². The van der Waals surface area contributed by atoms with E-state index < -0.39 is 5.82 Å². The van der Waals surface area contributed by atoms with Crippen molar-refractivity contribution in [3.63, 3.8) is 0 Å². The summed E-state index contributed by atoms with van der Waals surface area (Å²) in [6.07, 6.45) is 1.21. The molecule has 1 fully saturated rings. The van der Waals surface area contributed by atoms with Crippen LogP contribution in [-0.4, -0.2) is 44.6 Å². The van der Waals surface area contributed by atoms with Crippen molar-refractivity contribution in [3.8, 4) is 17.2 Å². The maximum absolute atomic E-state index is 14.1. The van der Waals surface area contributed by atoms with Gasteiger partial charge in [0.25, 0.3) is 5.56 Å². The average molecular weight is 501 g/mol. The smallest absolute Gasteiger partial charge is 0.252 e. The van der Waals surface area contributed by atoms with Gasteiger partial charge in [0.15, 0.2) is 0 Å². The van der Waals surface area contributed by atoms with E-state index >= 15 is 0 Å². The molecule has 4 heterocycles. The molecule has 188 valence electrons. The van der Waals surface area contributed by atoms with Gasteiger partial charge in [0, 0.05) is 50.4 Å². The van der Waals surface area contributed by atoms with Crippen molar-refractivity contribution in [3.05, 3.63) is 88.1 Å². The third-order valence-corrected chi connectivity index (χ3v) is 7.05. The highest BCUT2D eigenvalue weighted by atomic mass is 19.1. The molecule has 5 rings (SSSR count). The van der Waals surface area contributed by atoms with Crippen molar-refractivity contribution < 1.29 is 8.78 Å². The first kappa shape index (κ1) is 24.5. The molecule has 7 nitrogen and oxygen atoms in total.